The Morgan fingerprint density at radius 3 is 2.65 bits per heavy atom. The van der Waals surface area contributed by atoms with E-state index in [-0.39, 0.29) is 11.5 Å². The molecule has 0 bridgehead atoms. The van der Waals surface area contributed by atoms with Crippen molar-refractivity contribution in [2.75, 3.05) is 11.9 Å². The number of nitrogens with zero attached hydrogens (tertiary/aromatic N) is 3. The molecule has 1 amide bonds. The first-order valence-corrected chi connectivity index (χ1v) is 10.7. The number of esters is 1. The lowest BCUT2D eigenvalue weighted by molar-refractivity contribution is -0.119. The van der Waals surface area contributed by atoms with Gasteiger partial charge in [-0.05, 0) is 49.7 Å². The summed E-state index contributed by atoms with van der Waals surface area (Å²) in [5, 5.41) is 3.63. The summed E-state index contributed by atoms with van der Waals surface area (Å²) in [5.74, 6) is -0.760. The predicted octanol–water partition coefficient (Wildman–Crippen LogP) is 3.77. The fourth-order valence-electron chi connectivity index (χ4n) is 3.34. The van der Waals surface area contributed by atoms with Crippen molar-refractivity contribution in [3.63, 3.8) is 0 Å². The van der Waals surface area contributed by atoms with Crippen LogP contribution in [-0.2, 0) is 9.53 Å². The van der Waals surface area contributed by atoms with Crippen molar-refractivity contribution in [2.45, 2.75) is 26.3 Å². The Morgan fingerprint density at radius 1 is 1.16 bits per heavy atom. The predicted molar refractivity (Wildman–Crippen MR) is 120 cm³/mol. The van der Waals surface area contributed by atoms with Crippen molar-refractivity contribution in [3.8, 4) is 0 Å². The van der Waals surface area contributed by atoms with Gasteiger partial charge in [0.05, 0.1) is 24.0 Å². The van der Waals surface area contributed by atoms with Crippen molar-refractivity contribution in [1.82, 2.24) is 14.5 Å². The summed E-state index contributed by atoms with van der Waals surface area (Å²) < 4.78 is 6.79. The van der Waals surface area contributed by atoms with E-state index in [1.807, 2.05) is 13.0 Å². The fourth-order valence-corrected chi connectivity index (χ4v) is 4.38. The number of carbonyl (C=O) groups excluding carboxylic acids is 2. The molecule has 8 nitrogen and oxygen atoms in total. The maximum absolute atomic E-state index is 13.1. The lowest BCUT2D eigenvalue weighted by Crippen LogP contribution is -2.33. The van der Waals surface area contributed by atoms with E-state index in [0.29, 0.717) is 34.5 Å². The first-order valence-electron chi connectivity index (χ1n) is 9.85. The summed E-state index contributed by atoms with van der Waals surface area (Å²) in [6.07, 6.45) is 3.50. The normalized spacial score (nSPS) is 12.1. The SMILES string of the molecule is CCOC(=O)c1ccc(NC(=O)[C@@H](CC)n2cnc3c(sc4ncccc43)c2=O)cc1. The van der Waals surface area contributed by atoms with Crippen LogP contribution in [0.4, 0.5) is 5.69 Å². The quantitative estimate of drug-likeness (QED) is 0.462. The molecule has 0 radical (unpaired) electrons. The molecule has 3 aromatic heterocycles. The zero-order valence-electron chi connectivity index (χ0n) is 17.0. The molecule has 4 aromatic rings. The second kappa shape index (κ2) is 8.65. The van der Waals surface area contributed by atoms with Crippen LogP contribution in [0.3, 0.4) is 0 Å². The average Bonchev–Trinajstić information content (AvgIpc) is 3.16. The molecule has 0 saturated carbocycles. The minimum absolute atomic E-state index is 0.271. The van der Waals surface area contributed by atoms with Gasteiger partial charge in [0.25, 0.3) is 5.56 Å². The maximum Gasteiger partial charge on any atom is 0.338 e. The van der Waals surface area contributed by atoms with Crippen LogP contribution in [0.2, 0.25) is 0 Å². The van der Waals surface area contributed by atoms with Gasteiger partial charge in [0.15, 0.2) is 0 Å². The van der Waals surface area contributed by atoms with E-state index in [1.165, 1.54) is 22.2 Å². The molecule has 0 aliphatic carbocycles. The number of thiophene rings is 1. The minimum Gasteiger partial charge on any atom is -0.462 e. The zero-order valence-corrected chi connectivity index (χ0v) is 17.8. The number of anilines is 1. The minimum atomic E-state index is -0.729. The highest BCUT2D eigenvalue weighted by Gasteiger charge is 2.22. The molecular formula is C22H20N4O4S. The highest BCUT2D eigenvalue weighted by atomic mass is 32.1. The number of carbonyl (C=O) groups is 2. The van der Waals surface area contributed by atoms with Gasteiger partial charge in [0.2, 0.25) is 5.91 Å². The van der Waals surface area contributed by atoms with E-state index in [1.54, 1.807) is 43.5 Å². The molecule has 9 heteroatoms. The highest BCUT2D eigenvalue weighted by molar-refractivity contribution is 7.25. The Kier molecular flexibility index (Phi) is 5.77. The van der Waals surface area contributed by atoms with Crippen LogP contribution >= 0.6 is 11.3 Å². The van der Waals surface area contributed by atoms with Gasteiger partial charge in [-0.3, -0.25) is 14.2 Å². The number of aromatic nitrogens is 3. The van der Waals surface area contributed by atoms with Crippen LogP contribution in [0.5, 0.6) is 0 Å². The lowest BCUT2D eigenvalue weighted by atomic mass is 10.1. The third-order valence-electron chi connectivity index (χ3n) is 4.87. The maximum atomic E-state index is 13.1. The van der Waals surface area contributed by atoms with Gasteiger partial charge in [0, 0.05) is 17.3 Å². The van der Waals surface area contributed by atoms with Crippen LogP contribution in [0, 0.1) is 0 Å². The molecule has 1 N–H and O–H groups in total. The van der Waals surface area contributed by atoms with Gasteiger partial charge in [-0.1, -0.05) is 6.92 Å². The molecule has 3 heterocycles. The monoisotopic (exact) mass is 436 g/mol. The number of nitrogens with one attached hydrogen (secondary N) is 1. The second-order valence-electron chi connectivity index (χ2n) is 6.80. The molecule has 0 spiro atoms. The van der Waals surface area contributed by atoms with Crippen molar-refractivity contribution in [3.05, 3.63) is 64.8 Å². The summed E-state index contributed by atoms with van der Waals surface area (Å²) >= 11 is 1.27. The summed E-state index contributed by atoms with van der Waals surface area (Å²) in [6.45, 7) is 3.86. The Morgan fingerprint density at radius 2 is 1.94 bits per heavy atom. The third-order valence-corrected chi connectivity index (χ3v) is 5.96. The van der Waals surface area contributed by atoms with Crippen LogP contribution in [0.25, 0.3) is 20.4 Å². The van der Waals surface area contributed by atoms with Gasteiger partial charge < -0.3 is 10.1 Å². The van der Waals surface area contributed by atoms with Gasteiger partial charge in [-0.2, -0.15) is 0 Å². The summed E-state index contributed by atoms with van der Waals surface area (Å²) in [6, 6.07) is 9.36. The Labute approximate surface area is 181 Å². The molecule has 4 rings (SSSR count). The van der Waals surface area contributed by atoms with Crippen molar-refractivity contribution in [2.24, 2.45) is 0 Å². The topological polar surface area (TPSA) is 103 Å². The van der Waals surface area contributed by atoms with Crippen molar-refractivity contribution in [1.29, 1.82) is 0 Å². The molecule has 1 aromatic carbocycles. The number of rotatable bonds is 6. The highest BCUT2D eigenvalue weighted by Crippen LogP contribution is 2.28. The average molecular weight is 436 g/mol. The van der Waals surface area contributed by atoms with E-state index in [9.17, 15) is 14.4 Å². The van der Waals surface area contributed by atoms with E-state index >= 15 is 0 Å². The molecular weight excluding hydrogens is 416 g/mol. The van der Waals surface area contributed by atoms with Crippen molar-refractivity contribution < 1.29 is 14.3 Å². The zero-order chi connectivity index (χ0) is 22.0. The summed E-state index contributed by atoms with van der Waals surface area (Å²) in [7, 11) is 0. The van der Waals surface area contributed by atoms with Crippen LogP contribution < -0.4 is 10.9 Å². The molecule has 0 aliphatic rings. The molecule has 0 fully saturated rings. The number of amides is 1. The Bertz CT molecular complexity index is 1330. The first kappa shape index (κ1) is 20.7. The van der Waals surface area contributed by atoms with Crippen LogP contribution in [-0.4, -0.2) is 33.0 Å². The summed E-state index contributed by atoms with van der Waals surface area (Å²) in [5.41, 5.74) is 1.24. The Balaban J connectivity index is 1.61. The molecule has 1 atom stereocenters. The van der Waals surface area contributed by atoms with Gasteiger partial charge in [-0.25, -0.2) is 14.8 Å². The molecule has 31 heavy (non-hydrogen) atoms. The second-order valence-corrected chi connectivity index (χ2v) is 7.80. The van der Waals surface area contributed by atoms with E-state index in [2.05, 4.69) is 15.3 Å². The Hall–Kier alpha value is -3.59. The number of hydrogen-bond donors (Lipinski definition) is 1. The number of benzene rings is 1. The standard InChI is InChI=1S/C22H20N4O4S/c1-3-16(19(27)25-14-9-7-13(8-10-14)22(29)30-4-2)26-12-24-17-15-6-5-11-23-20(15)31-18(17)21(26)28/h5-12,16H,3-4H2,1-2H3,(H,25,27)/t16-/m1/s1. The van der Waals surface area contributed by atoms with Gasteiger partial charge in [-0.15, -0.1) is 11.3 Å². The number of hydrogen-bond acceptors (Lipinski definition) is 7. The fraction of sp³-hybridized carbons (Fsp3) is 0.227. The van der Waals surface area contributed by atoms with Crippen molar-refractivity contribution >= 4 is 49.3 Å². The summed E-state index contributed by atoms with van der Waals surface area (Å²) in [4.78, 5) is 47.3. The van der Waals surface area contributed by atoms with Crippen LogP contribution in [0.1, 0.15) is 36.7 Å². The number of fused-ring (bicyclic) bond motifs is 3. The molecule has 0 saturated heterocycles. The smallest absolute Gasteiger partial charge is 0.338 e. The molecule has 0 unspecified atom stereocenters. The number of ether oxygens (including phenoxy) is 1. The third kappa shape index (κ3) is 3.91. The molecule has 158 valence electrons. The van der Waals surface area contributed by atoms with E-state index < -0.39 is 12.0 Å². The first-order chi connectivity index (χ1) is 15.0. The van der Waals surface area contributed by atoms with Crippen LogP contribution in [0.15, 0.2) is 53.7 Å². The molecule has 0 aliphatic heterocycles. The van der Waals surface area contributed by atoms with E-state index in [0.717, 1.165) is 10.2 Å². The largest absolute Gasteiger partial charge is 0.462 e. The lowest BCUT2D eigenvalue weighted by Gasteiger charge is -2.17. The van der Waals surface area contributed by atoms with E-state index in [4.69, 9.17) is 4.74 Å². The van der Waals surface area contributed by atoms with Gasteiger partial charge >= 0.3 is 5.97 Å². The number of pyridine rings is 1. The van der Waals surface area contributed by atoms with Gasteiger partial charge in [0.1, 0.15) is 15.6 Å².